The Bertz CT molecular complexity index is 426. The highest BCUT2D eigenvalue weighted by molar-refractivity contribution is 5.35. The van der Waals surface area contributed by atoms with Crippen molar-refractivity contribution in [2.75, 3.05) is 5.43 Å². The molecule has 0 aromatic carbocycles. The topological polar surface area (TPSA) is 29.9 Å². The minimum atomic E-state index is -0.723. The number of hydrogen-bond acceptors (Lipinski definition) is 2. The maximum atomic E-state index is 13.1. The van der Waals surface area contributed by atoms with Gasteiger partial charge in [0, 0.05) is 18.5 Å². The number of anilines is 1. The summed E-state index contributed by atoms with van der Waals surface area (Å²) in [5.74, 6) is -1.43. The zero-order valence-corrected chi connectivity index (χ0v) is 7.11. The molecule has 5 heteroatoms. The molecule has 0 unspecified atom stereocenters. The molecule has 1 N–H and O–H groups in total. The molecule has 0 aliphatic carbocycles. The Labute approximate surface area is 79.0 Å². The fraction of sp³-hybridized carbons (Fsp3) is 0. The van der Waals surface area contributed by atoms with Crippen LogP contribution in [0.15, 0.2) is 36.8 Å². The van der Waals surface area contributed by atoms with Gasteiger partial charge in [0.15, 0.2) is 11.6 Å². The summed E-state index contributed by atoms with van der Waals surface area (Å²) < 4.78 is 27.1. The van der Waals surface area contributed by atoms with Crippen LogP contribution in [0.4, 0.5) is 14.6 Å². The van der Waals surface area contributed by atoms with Crippen molar-refractivity contribution in [1.29, 1.82) is 0 Å². The van der Waals surface area contributed by atoms with Crippen LogP contribution < -0.4 is 5.43 Å². The van der Waals surface area contributed by atoms with Crippen molar-refractivity contribution in [3.05, 3.63) is 48.4 Å². The zero-order chi connectivity index (χ0) is 9.97. The number of pyridine rings is 1. The van der Waals surface area contributed by atoms with Gasteiger partial charge in [-0.3, -0.25) is 10.1 Å². The molecule has 0 aliphatic heterocycles. The largest absolute Gasteiger partial charge is 0.276 e. The predicted molar refractivity (Wildman–Crippen MR) is 47.6 cm³/mol. The fourth-order valence-corrected chi connectivity index (χ4v) is 1.03. The molecule has 2 aromatic rings. The molecule has 0 amide bonds. The van der Waals surface area contributed by atoms with Gasteiger partial charge in [-0.05, 0) is 12.1 Å². The first kappa shape index (κ1) is 8.68. The lowest BCUT2D eigenvalue weighted by molar-refractivity contribution is 0.574. The van der Waals surface area contributed by atoms with Crippen LogP contribution in [0.5, 0.6) is 0 Å². The molecule has 0 radical (unpaired) electrons. The van der Waals surface area contributed by atoms with E-state index in [9.17, 15) is 8.78 Å². The quantitative estimate of drug-likeness (QED) is 0.794. The number of halogens is 2. The van der Waals surface area contributed by atoms with Crippen LogP contribution in [0.2, 0.25) is 0 Å². The lowest BCUT2D eigenvalue weighted by Crippen LogP contribution is -2.09. The molecule has 3 nitrogen and oxygen atoms in total. The van der Waals surface area contributed by atoms with E-state index in [1.165, 1.54) is 4.68 Å². The Balaban J connectivity index is 2.25. The fourth-order valence-electron chi connectivity index (χ4n) is 1.03. The monoisotopic (exact) mass is 195 g/mol. The van der Waals surface area contributed by atoms with E-state index in [2.05, 4.69) is 10.4 Å². The van der Waals surface area contributed by atoms with Gasteiger partial charge in [-0.2, -0.15) is 0 Å². The average Bonchev–Trinajstić information content (AvgIpc) is 2.62. The first-order valence-corrected chi connectivity index (χ1v) is 3.97. The molecule has 0 saturated heterocycles. The van der Waals surface area contributed by atoms with E-state index in [0.29, 0.717) is 0 Å². The SMILES string of the molecule is Fc1cnc(Nn2cccc2)c(F)c1. The van der Waals surface area contributed by atoms with Gasteiger partial charge >= 0.3 is 0 Å². The van der Waals surface area contributed by atoms with Gasteiger partial charge < -0.3 is 0 Å². The van der Waals surface area contributed by atoms with Crippen LogP contribution in [0.3, 0.4) is 0 Å². The Morgan fingerprint density at radius 2 is 1.93 bits per heavy atom. The highest BCUT2D eigenvalue weighted by atomic mass is 19.1. The smallest absolute Gasteiger partial charge is 0.181 e. The average molecular weight is 195 g/mol. The highest BCUT2D eigenvalue weighted by Gasteiger charge is 2.04. The molecular formula is C9H7F2N3. The number of aromatic nitrogens is 2. The van der Waals surface area contributed by atoms with E-state index >= 15 is 0 Å². The van der Waals surface area contributed by atoms with E-state index in [1.54, 1.807) is 24.5 Å². The standard InChI is InChI=1S/C9H7F2N3/c10-7-5-8(11)9(12-6-7)13-14-3-1-2-4-14/h1-6H,(H,12,13). The van der Waals surface area contributed by atoms with Crippen molar-refractivity contribution in [3.8, 4) is 0 Å². The molecule has 0 saturated carbocycles. The van der Waals surface area contributed by atoms with Crippen LogP contribution in [0.1, 0.15) is 0 Å². The number of nitrogens with one attached hydrogen (secondary N) is 1. The van der Waals surface area contributed by atoms with Crippen LogP contribution in [-0.4, -0.2) is 9.66 Å². The zero-order valence-electron chi connectivity index (χ0n) is 7.11. The second-order valence-corrected chi connectivity index (χ2v) is 2.69. The number of nitrogens with zero attached hydrogens (tertiary/aromatic N) is 2. The van der Waals surface area contributed by atoms with E-state index in [1.807, 2.05) is 0 Å². The summed E-state index contributed by atoms with van der Waals surface area (Å²) in [6.45, 7) is 0. The van der Waals surface area contributed by atoms with E-state index in [0.717, 1.165) is 12.3 Å². The molecule has 0 atom stereocenters. The third kappa shape index (κ3) is 1.71. The summed E-state index contributed by atoms with van der Waals surface area (Å²) in [5, 5.41) is 0. The Hall–Kier alpha value is -1.91. The molecule has 72 valence electrons. The van der Waals surface area contributed by atoms with Gasteiger partial charge in [0.1, 0.15) is 5.82 Å². The summed E-state index contributed by atoms with van der Waals surface area (Å²) in [6, 6.07) is 4.32. The van der Waals surface area contributed by atoms with Gasteiger partial charge in [-0.25, -0.2) is 13.8 Å². The van der Waals surface area contributed by atoms with Crippen LogP contribution >= 0.6 is 0 Å². The molecule has 14 heavy (non-hydrogen) atoms. The number of rotatable bonds is 2. The van der Waals surface area contributed by atoms with Crippen LogP contribution in [-0.2, 0) is 0 Å². The molecule has 0 aliphatic rings. The summed E-state index contributed by atoms with van der Waals surface area (Å²) in [7, 11) is 0. The molecular weight excluding hydrogens is 188 g/mol. The summed E-state index contributed by atoms with van der Waals surface area (Å²) in [4.78, 5) is 3.57. The number of hydrogen-bond donors (Lipinski definition) is 1. The van der Waals surface area contributed by atoms with Gasteiger partial charge in [0.2, 0.25) is 0 Å². The van der Waals surface area contributed by atoms with Gasteiger partial charge in [-0.1, -0.05) is 0 Å². The van der Waals surface area contributed by atoms with E-state index in [-0.39, 0.29) is 5.82 Å². The first-order chi connectivity index (χ1) is 6.75. The summed E-state index contributed by atoms with van der Waals surface area (Å²) >= 11 is 0. The second-order valence-electron chi connectivity index (χ2n) is 2.69. The Kier molecular flexibility index (Phi) is 2.14. The molecule has 2 aromatic heterocycles. The van der Waals surface area contributed by atoms with Crippen LogP contribution in [0.25, 0.3) is 0 Å². The van der Waals surface area contributed by atoms with Gasteiger partial charge in [0.25, 0.3) is 0 Å². The highest BCUT2D eigenvalue weighted by Crippen LogP contribution is 2.11. The lowest BCUT2D eigenvalue weighted by atomic mass is 10.4. The lowest BCUT2D eigenvalue weighted by Gasteiger charge is -2.06. The summed E-state index contributed by atoms with van der Waals surface area (Å²) in [5.41, 5.74) is 2.64. The van der Waals surface area contributed by atoms with E-state index < -0.39 is 11.6 Å². The minimum Gasteiger partial charge on any atom is -0.276 e. The molecule has 2 rings (SSSR count). The van der Waals surface area contributed by atoms with Crippen molar-refractivity contribution in [2.24, 2.45) is 0 Å². The Morgan fingerprint density at radius 1 is 1.21 bits per heavy atom. The predicted octanol–water partition coefficient (Wildman–Crippen LogP) is 2.04. The van der Waals surface area contributed by atoms with Crippen molar-refractivity contribution < 1.29 is 8.78 Å². The third-order valence-corrected chi connectivity index (χ3v) is 1.65. The van der Waals surface area contributed by atoms with Crippen molar-refractivity contribution in [1.82, 2.24) is 9.66 Å². The van der Waals surface area contributed by atoms with Crippen LogP contribution in [0, 0.1) is 11.6 Å². The maximum absolute atomic E-state index is 13.1. The van der Waals surface area contributed by atoms with Crippen molar-refractivity contribution >= 4 is 5.82 Å². The maximum Gasteiger partial charge on any atom is 0.181 e. The van der Waals surface area contributed by atoms with E-state index in [4.69, 9.17) is 0 Å². The molecule has 0 bridgehead atoms. The van der Waals surface area contributed by atoms with Gasteiger partial charge in [0.05, 0.1) is 6.20 Å². The summed E-state index contributed by atoms with van der Waals surface area (Å²) in [6.07, 6.45) is 4.32. The molecule has 0 spiro atoms. The minimum absolute atomic E-state index is 0.0115. The normalized spacial score (nSPS) is 10.1. The van der Waals surface area contributed by atoms with Gasteiger partial charge in [-0.15, -0.1) is 0 Å². The molecule has 0 fully saturated rings. The van der Waals surface area contributed by atoms with Crippen molar-refractivity contribution in [3.63, 3.8) is 0 Å². The first-order valence-electron chi connectivity index (χ1n) is 3.97. The second kappa shape index (κ2) is 3.45. The third-order valence-electron chi connectivity index (χ3n) is 1.65. The Morgan fingerprint density at radius 3 is 2.57 bits per heavy atom. The molecule has 2 heterocycles. The van der Waals surface area contributed by atoms with Crippen molar-refractivity contribution in [2.45, 2.75) is 0 Å².